The van der Waals surface area contributed by atoms with Gasteiger partial charge in [0, 0.05) is 25.6 Å². The molecule has 0 radical (unpaired) electrons. The van der Waals surface area contributed by atoms with Crippen LogP contribution in [0.3, 0.4) is 0 Å². The van der Waals surface area contributed by atoms with Crippen molar-refractivity contribution in [3.8, 4) is 0 Å². The molecular weight excluding hydrogens is 248 g/mol. The van der Waals surface area contributed by atoms with Crippen molar-refractivity contribution >= 4 is 0 Å². The average molecular weight is 276 g/mol. The minimum atomic E-state index is 0.324. The van der Waals surface area contributed by atoms with Gasteiger partial charge in [0.1, 0.15) is 0 Å². The third-order valence-electron chi connectivity index (χ3n) is 4.37. The number of benzene rings is 1. The van der Waals surface area contributed by atoms with Crippen LogP contribution in [0.4, 0.5) is 0 Å². The van der Waals surface area contributed by atoms with Crippen LogP contribution in [0.2, 0.25) is 0 Å². The molecule has 112 valence electrons. The molecule has 1 aromatic carbocycles. The molecular formula is C17H28N2O. The highest BCUT2D eigenvalue weighted by atomic mass is 16.5. The molecule has 0 atom stereocenters. The maximum Gasteiger partial charge on any atom is 0.0531 e. The van der Waals surface area contributed by atoms with Crippen molar-refractivity contribution in [3.05, 3.63) is 35.9 Å². The van der Waals surface area contributed by atoms with Crippen LogP contribution in [-0.2, 0) is 11.3 Å². The average Bonchev–Trinajstić information content (AvgIpc) is 2.49. The van der Waals surface area contributed by atoms with Crippen molar-refractivity contribution in [1.82, 2.24) is 10.2 Å². The molecule has 1 aromatic rings. The first kappa shape index (κ1) is 15.5. The lowest BCUT2D eigenvalue weighted by molar-refractivity contribution is 0.0215. The van der Waals surface area contributed by atoms with Gasteiger partial charge in [-0.05, 0) is 38.0 Å². The third kappa shape index (κ3) is 4.30. The molecule has 1 heterocycles. The summed E-state index contributed by atoms with van der Waals surface area (Å²) >= 11 is 0. The number of rotatable bonds is 7. The largest absolute Gasteiger partial charge is 0.384 e. The van der Waals surface area contributed by atoms with E-state index in [0.29, 0.717) is 5.41 Å². The van der Waals surface area contributed by atoms with Gasteiger partial charge in [-0.25, -0.2) is 0 Å². The second kappa shape index (κ2) is 7.77. The molecule has 3 heteroatoms. The van der Waals surface area contributed by atoms with E-state index in [1.165, 1.54) is 18.4 Å². The normalized spacial score (nSPS) is 18.4. The molecule has 0 aliphatic carbocycles. The molecule has 0 saturated carbocycles. The summed E-state index contributed by atoms with van der Waals surface area (Å²) in [4.78, 5) is 2.56. The Morgan fingerprint density at radius 3 is 2.50 bits per heavy atom. The van der Waals surface area contributed by atoms with Crippen molar-refractivity contribution in [3.63, 3.8) is 0 Å². The van der Waals surface area contributed by atoms with Crippen molar-refractivity contribution in [2.75, 3.05) is 39.9 Å². The van der Waals surface area contributed by atoms with Crippen LogP contribution in [0.15, 0.2) is 30.3 Å². The fourth-order valence-corrected chi connectivity index (χ4v) is 3.21. The predicted octanol–water partition coefficient (Wildman–Crippen LogP) is 2.52. The molecule has 1 aliphatic rings. The number of nitrogens with zero attached hydrogens (tertiary/aromatic N) is 1. The molecule has 1 aliphatic heterocycles. The number of hydrogen-bond acceptors (Lipinski definition) is 3. The van der Waals surface area contributed by atoms with E-state index in [1.807, 2.05) is 7.11 Å². The van der Waals surface area contributed by atoms with Gasteiger partial charge in [-0.1, -0.05) is 37.3 Å². The molecule has 0 amide bonds. The van der Waals surface area contributed by atoms with Crippen LogP contribution >= 0.6 is 0 Å². The number of nitrogens with one attached hydrogen (secondary N) is 1. The number of hydrogen-bond donors (Lipinski definition) is 1. The Morgan fingerprint density at radius 1 is 1.20 bits per heavy atom. The Kier molecular flexibility index (Phi) is 6.02. The summed E-state index contributed by atoms with van der Waals surface area (Å²) in [5, 5.41) is 3.46. The van der Waals surface area contributed by atoms with E-state index >= 15 is 0 Å². The Bertz CT molecular complexity index is 368. The van der Waals surface area contributed by atoms with Gasteiger partial charge in [0.15, 0.2) is 0 Å². The first-order valence-electron chi connectivity index (χ1n) is 7.74. The molecule has 0 bridgehead atoms. The van der Waals surface area contributed by atoms with Crippen LogP contribution in [-0.4, -0.2) is 44.8 Å². The minimum Gasteiger partial charge on any atom is -0.384 e. The second-order valence-corrected chi connectivity index (χ2v) is 5.97. The quantitative estimate of drug-likeness (QED) is 0.828. The fraction of sp³-hybridized carbons (Fsp3) is 0.647. The van der Waals surface area contributed by atoms with Gasteiger partial charge in [-0.3, -0.25) is 4.90 Å². The zero-order chi connectivity index (χ0) is 14.3. The van der Waals surface area contributed by atoms with E-state index in [1.54, 1.807) is 0 Å². The summed E-state index contributed by atoms with van der Waals surface area (Å²) in [5.41, 5.74) is 1.72. The highest BCUT2D eigenvalue weighted by molar-refractivity contribution is 5.14. The molecule has 2 rings (SSSR count). The van der Waals surface area contributed by atoms with Gasteiger partial charge in [0.2, 0.25) is 0 Å². The van der Waals surface area contributed by atoms with Crippen LogP contribution < -0.4 is 5.32 Å². The first-order chi connectivity index (χ1) is 9.78. The predicted molar refractivity (Wildman–Crippen MR) is 83.8 cm³/mol. The second-order valence-electron chi connectivity index (χ2n) is 5.97. The summed E-state index contributed by atoms with van der Waals surface area (Å²) in [7, 11) is 1.83. The van der Waals surface area contributed by atoms with Gasteiger partial charge < -0.3 is 10.1 Å². The van der Waals surface area contributed by atoms with Crippen molar-refractivity contribution < 1.29 is 4.74 Å². The molecule has 0 spiro atoms. The van der Waals surface area contributed by atoms with Gasteiger partial charge in [-0.2, -0.15) is 0 Å². The molecule has 20 heavy (non-hydrogen) atoms. The van der Waals surface area contributed by atoms with Crippen LogP contribution in [0.5, 0.6) is 0 Å². The zero-order valence-electron chi connectivity index (χ0n) is 12.9. The van der Waals surface area contributed by atoms with E-state index in [0.717, 1.165) is 39.3 Å². The minimum absolute atomic E-state index is 0.324. The molecule has 1 N–H and O–H groups in total. The van der Waals surface area contributed by atoms with Gasteiger partial charge in [0.25, 0.3) is 0 Å². The maximum absolute atomic E-state index is 5.53. The summed E-state index contributed by atoms with van der Waals surface area (Å²) in [6, 6.07) is 10.8. The molecule has 1 fully saturated rings. The van der Waals surface area contributed by atoms with E-state index in [4.69, 9.17) is 4.74 Å². The number of ether oxygens (including phenoxy) is 1. The maximum atomic E-state index is 5.53. The van der Waals surface area contributed by atoms with Crippen LogP contribution in [0.25, 0.3) is 0 Å². The van der Waals surface area contributed by atoms with Crippen molar-refractivity contribution in [1.29, 1.82) is 0 Å². The van der Waals surface area contributed by atoms with Gasteiger partial charge in [0.05, 0.1) is 6.61 Å². The fourth-order valence-electron chi connectivity index (χ4n) is 3.21. The number of piperidine rings is 1. The molecule has 0 unspecified atom stereocenters. The summed E-state index contributed by atoms with van der Waals surface area (Å²) < 4.78 is 5.53. The smallest absolute Gasteiger partial charge is 0.0531 e. The van der Waals surface area contributed by atoms with Crippen molar-refractivity contribution in [2.45, 2.75) is 26.3 Å². The van der Waals surface area contributed by atoms with Crippen LogP contribution in [0.1, 0.15) is 25.3 Å². The SMILES string of the molecule is CCN(Cc1ccccc1)CC1(COC)CCNCC1. The third-order valence-corrected chi connectivity index (χ3v) is 4.37. The number of methoxy groups -OCH3 is 1. The molecule has 1 saturated heterocycles. The van der Waals surface area contributed by atoms with E-state index in [9.17, 15) is 0 Å². The van der Waals surface area contributed by atoms with Crippen LogP contribution in [0, 0.1) is 5.41 Å². The van der Waals surface area contributed by atoms with Gasteiger partial charge in [-0.15, -0.1) is 0 Å². The first-order valence-corrected chi connectivity index (χ1v) is 7.74. The summed E-state index contributed by atoms with van der Waals surface area (Å²) in [5.74, 6) is 0. The van der Waals surface area contributed by atoms with Crippen molar-refractivity contribution in [2.24, 2.45) is 5.41 Å². The Morgan fingerprint density at radius 2 is 1.90 bits per heavy atom. The van der Waals surface area contributed by atoms with Gasteiger partial charge >= 0.3 is 0 Å². The summed E-state index contributed by atoms with van der Waals surface area (Å²) in [6.45, 7) is 8.63. The summed E-state index contributed by atoms with van der Waals surface area (Å²) in [6.07, 6.45) is 2.43. The highest BCUT2D eigenvalue weighted by Gasteiger charge is 2.33. The topological polar surface area (TPSA) is 24.5 Å². The van der Waals surface area contributed by atoms with E-state index in [2.05, 4.69) is 47.5 Å². The standard InChI is InChI=1S/C17H28N2O/c1-3-19(13-16-7-5-4-6-8-16)14-17(15-20-2)9-11-18-12-10-17/h4-8,18H,3,9-15H2,1-2H3. The Balaban J connectivity index is 1.99. The lowest BCUT2D eigenvalue weighted by Crippen LogP contribution is -2.47. The van der Waals surface area contributed by atoms with E-state index < -0.39 is 0 Å². The van der Waals surface area contributed by atoms with E-state index in [-0.39, 0.29) is 0 Å². The Hall–Kier alpha value is -0.900. The highest BCUT2D eigenvalue weighted by Crippen LogP contribution is 2.30. The lowest BCUT2D eigenvalue weighted by atomic mass is 9.79. The molecule has 3 nitrogen and oxygen atoms in total. The molecule has 0 aromatic heterocycles. The monoisotopic (exact) mass is 276 g/mol. The lowest BCUT2D eigenvalue weighted by Gasteiger charge is -2.40. The zero-order valence-corrected chi connectivity index (χ0v) is 12.9. The Labute approximate surface area is 123 Å².